The lowest BCUT2D eigenvalue weighted by atomic mass is 9.98. The van der Waals surface area contributed by atoms with E-state index in [0.717, 1.165) is 33.5 Å². The number of urea groups is 1. The average Bonchev–Trinajstić information content (AvgIpc) is 3.28. The molecule has 0 bridgehead atoms. The maximum atomic E-state index is 12.9. The summed E-state index contributed by atoms with van der Waals surface area (Å²) < 4.78 is 5.48. The van der Waals surface area contributed by atoms with Gasteiger partial charge in [0.05, 0.1) is 12.3 Å². The fourth-order valence-electron chi connectivity index (χ4n) is 4.43. The Kier molecular flexibility index (Phi) is 7.37. The summed E-state index contributed by atoms with van der Waals surface area (Å²) in [5.74, 6) is 1.64. The molecule has 0 aliphatic carbocycles. The predicted octanol–water partition coefficient (Wildman–Crippen LogP) is 6.24. The van der Waals surface area contributed by atoms with Crippen LogP contribution in [0.3, 0.4) is 0 Å². The summed E-state index contributed by atoms with van der Waals surface area (Å²) in [6.45, 7) is 3.78. The van der Waals surface area contributed by atoms with E-state index in [9.17, 15) is 4.79 Å². The number of ether oxygens (including phenoxy) is 1. The first-order valence-electron chi connectivity index (χ1n) is 12.4. The normalized spacial score (nSPS) is 16.4. The number of carbonyl (C=O) groups is 1. The molecule has 7 heteroatoms. The molecule has 2 aliphatic rings. The van der Waals surface area contributed by atoms with Crippen molar-refractivity contribution in [2.24, 2.45) is 9.98 Å². The Bertz CT molecular complexity index is 1240. The number of piperidine rings is 1. The number of nitrogens with one attached hydrogen (secondary N) is 1. The number of benzene rings is 3. The molecule has 36 heavy (non-hydrogen) atoms. The highest BCUT2D eigenvalue weighted by Gasteiger charge is 2.40. The lowest BCUT2D eigenvalue weighted by Crippen LogP contribution is -2.46. The van der Waals surface area contributed by atoms with Crippen molar-refractivity contribution in [3.05, 3.63) is 96.1 Å². The monoisotopic (exact) mass is 498 g/mol. The minimum atomic E-state index is -0.500. The molecule has 1 spiro atoms. The Hall–Kier alpha value is -3.58. The van der Waals surface area contributed by atoms with Gasteiger partial charge in [-0.05, 0) is 36.8 Å². The molecule has 184 valence electrons. The van der Waals surface area contributed by atoms with Gasteiger partial charge >= 0.3 is 6.03 Å². The maximum Gasteiger partial charge on any atom is 0.321 e. The van der Waals surface area contributed by atoms with Crippen molar-refractivity contribution in [3.63, 3.8) is 0 Å². The summed E-state index contributed by atoms with van der Waals surface area (Å²) in [4.78, 5) is 25.1. The van der Waals surface area contributed by atoms with Crippen LogP contribution >= 0.6 is 11.8 Å². The van der Waals surface area contributed by atoms with Crippen LogP contribution in [0.4, 0.5) is 10.5 Å². The molecule has 0 aromatic heterocycles. The zero-order valence-electron chi connectivity index (χ0n) is 20.4. The van der Waals surface area contributed by atoms with Crippen LogP contribution in [0.25, 0.3) is 0 Å². The number of rotatable bonds is 6. The highest BCUT2D eigenvalue weighted by atomic mass is 32.2. The molecule has 2 amide bonds. The number of nitrogens with zero attached hydrogens (tertiary/aromatic N) is 3. The van der Waals surface area contributed by atoms with Crippen molar-refractivity contribution in [2.45, 2.75) is 31.2 Å². The van der Waals surface area contributed by atoms with Crippen molar-refractivity contribution in [1.82, 2.24) is 4.90 Å². The summed E-state index contributed by atoms with van der Waals surface area (Å²) in [5.41, 5.74) is 3.57. The molecule has 6 nitrogen and oxygen atoms in total. The molecule has 5 rings (SSSR count). The van der Waals surface area contributed by atoms with Gasteiger partial charge in [0.25, 0.3) is 0 Å². The number of thioether (sulfide) groups is 1. The van der Waals surface area contributed by atoms with Crippen molar-refractivity contribution in [2.75, 3.05) is 25.0 Å². The summed E-state index contributed by atoms with van der Waals surface area (Å²) in [5, 5.41) is 3.98. The SMILES string of the molecule is CCOc1ccc(NC(=O)N2CCC3(CC2)N=C(SCc2ccccc2)C(c2ccccc2)=N3)cc1. The third kappa shape index (κ3) is 5.62. The van der Waals surface area contributed by atoms with E-state index in [-0.39, 0.29) is 6.03 Å². The molecule has 2 heterocycles. The summed E-state index contributed by atoms with van der Waals surface area (Å²) in [6, 6.07) is 28.1. The number of likely N-dealkylation sites (tertiary alicyclic amines) is 1. The van der Waals surface area contributed by atoms with Crippen molar-refractivity contribution >= 4 is 34.2 Å². The molecular weight excluding hydrogens is 468 g/mol. The fraction of sp³-hybridized carbons (Fsp3) is 0.276. The summed E-state index contributed by atoms with van der Waals surface area (Å²) in [7, 11) is 0. The molecule has 2 aliphatic heterocycles. The van der Waals surface area contributed by atoms with Crippen molar-refractivity contribution < 1.29 is 9.53 Å². The first-order chi connectivity index (χ1) is 17.6. The molecule has 0 atom stereocenters. The molecule has 3 aromatic rings. The van der Waals surface area contributed by atoms with E-state index in [1.54, 1.807) is 11.8 Å². The lowest BCUT2D eigenvalue weighted by Gasteiger charge is -2.35. The van der Waals surface area contributed by atoms with Gasteiger partial charge in [-0.15, -0.1) is 0 Å². The first-order valence-corrected chi connectivity index (χ1v) is 13.3. The number of hydrogen-bond donors (Lipinski definition) is 1. The van der Waals surface area contributed by atoms with Gasteiger partial charge in [0.15, 0.2) is 5.66 Å². The zero-order valence-corrected chi connectivity index (χ0v) is 21.2. The van der Waals surface area contributed by atoms with E-state index in [4.69, 9.17) is 14.7 Å². The standard InChI is InChI=1S/C29H30N4O2S/c1-2-35-25-15-13-24(14-16-25)30-28(34)33-19-17-29(18-20-33)31-26(23-11-7-4-8-12-23)27(32-29)36-21-22-9-5-3-6-10-22/h3-16H,2,17-21H2,1H3,(H,30,34). The summed E-state index contributed by atoms with van der Waals surface area (Å²) >= 11 is 1.74. The molecule has 0 radical (unpaired) electrons. The molecule has 1 fully saturated rings. The Balaban J connectivity index is 1.26. The molecular formula is C29H30N4O2S. The van der Waals surface area contributed by atoms with Crippen LogP contribution in [0.5, 0.6) is 5.75 Å². The Morgan fingerprint density at radius 1 is 0.944 bits per heavy atom. The highest BCUT2D eigenvalue weighted by Crippen LogP contribution is 2.36. The Labute approximate surface area is 216 Å². The van der Waals surface area contributed by atoms with Gasteiger partial charge in [-0.25, -0.2) is 9.79 Å². The van der Waals surface area contributed by atoms with Crippen LogP contribution in [0, 0.1) is 0 Å². The van der Waals surface area contributed by atoms with Crippen LogP contribution in [0.1, 0.15) is 30.9 Å². The number of hydrogen-bond acceptors (Lipinski definition) is 5. The first kappa shape index (κ1) is 24.1. The van der Waals surface area contributed by atoms with Crippen LogP contribution in [-0.4, -0.2) is 47.0 Å². The summed E-state index contributed by atoms with van der Waals surface area (Å²) in [6.07, 6.45) is 1.41. The van der Waals surface area contributed by atoms with Gasteiger partial charge < -0.3 is 15.0 Å². The van der Waals surface area contributed by atoms with Gasteiger partial charge in [0.2, 0.25) is 0 Å². The average molecular weight is 499 g/mol. The quantitative estimate of drug-likeness (QED) is 0.437. The van der Waals surface area contributed by atoms with Gasteiger partial charge in [-0.3, -0.25) is 4.99 Å². The molecule has 3 aromatic carbocycles. The second kappa shape index (κ2) is 11.0. The minimum absolute atomic E-state index is 0.0954. The van der Waals surface area contributed by atoms with Crippen LogP contribution in [0.15, 0.2) is 94.9 Å². The van der Waals surface area contributed by atoms with E-state index >= 15 is 0 Å². The molecule has 0 saturated carbocycles. The van der Waals surface area contributed by atoms with Gasteiger partial charge in [0, 0.05) is 42.9 Å². The number of amides is 2. The van der Waals surface area contributed by atoms with Crippen LogP contribution in [-0.2, 0) is 5.75 Å². The van der Waals surface area contributed by atoms with E-state index in [0.29, 0.717) is 32.5 Å². The smallest absolute Gasteiger partial charge is 0.321 e. The lowest BCUT2D eigenvalue weighted by molar-refractivity contribution is 0.175. The predicted molar refractivity (Wildman–Crippen MR) is 148 cm³/mol. The fourth-order valence-corrected chi connectivity index (χ4v) is 5.46. The van der Waals surface area contributed by atoms with Crippen LogP contribution < -0.4 is 10.1 Å². The van der Waals surface area contributed by atoms with E-state index in [2.05, 4.69) is 41.7 Å². The van der Waals surface area contributed by atoms with Crippen molar-refractivity contribution in [1.29, 1.82) is 0 Å². The largest absolute Gasteiger partial charge is 0.494 e. The maximum absolute atomic E-state index is 12.9. The minimum Gasteiger partial charge on any atom is -0.494 e. The van der Waals surface area contributed by atoms with Gasteiger partial charge in [-0.1, -0.05) is 72.4 Å². The second-order valence-corrected chi connectivity index (χ2v) is 9.84. The van der Waals surface area contributed by atoms with Gasteiger partial charge in [-0.2, -0.15) is 0 Å². The van der Waals surface area contributed by atoms with Crippen molar-refractivity contribution in [3.8, 4) is 5.75 Å². The third-order valence-corrected chi connectivity index (χ3v) is 7.40. The highest BCUT2D eigenvalue weighted by molar-refractivity contribution is 8.15. The zero-order chi connectivity index (χ0) is 24.8. The van der Waals surface area contributed by atoms with E-state index in [1.165, 1.54) is 5.56 Å². The Morgan fingerprint density at radius 3 is 2.28 bits per heavy atom. The molecule has 1 N–H and O–H groups in total. The third-order valence-electron chi connectivity index (χ3n) is 6.37. The van der Waals surface area contributed by atoms with Gasteiger partial charge in [0.1, 0.15) is 10.8 Å². The topological polar surface area (TPSA) is 66.3 Å². The number of anilines is 1. The molecule has 1 saturated heterocycles. The second-order valence-electron chi connectivity index (χ2n) is 8.87. The Morgan fingerprint density at radius 2 is 1.61 bits per heavy atom. The number of carbonyl (C=O) groups excluding carboxylic acids is 1. The number of aliphatic imine (C=N–C) groups is 2. The van der Waals surface area contributed by atoms with Crippen LogP contribution in [0.2, 0.25) is 0 Å². The van der Waals surface area contributed by atoms with E-state index in [1.807, 2.05) is 60.4 Å². The van der Waals surface area contributed by atoms with E-state index < -0.39 is 5.66 Å². The molecule has 0 unspecified atom stereocenters.